The number of nitro benzene ring substituents is 1. The predicted octanol–water partition coefficient (Wildman–Crippen LogP) is 1.51. The molecule has 0 aromatic heterocycles. The fourth-order valence-electron chi connectivity index (χ4n) is 2.95. The number of non-ortho nitro benzene ring substituents is 1. The Bertz CT molecular complexity index is 473. The molecule has 1 aromatic rings. The van der Waals surface area contributed by atoms with E-state index in [4.69, 9.17) is 4.74 Å². The van der Waals surface area contributed by atoms with Gasteiger partial charge in [0.1, 0.15) is 5.72 Å². The van der Waals surface area contributed by atoms with Gasteiger partial charge in [0.2, 0.25) is 0 Å². The first kappa shape index (κ1) is 13.5. The molecule has 6 nitrogen and oxygen atoms in total. The topological polar surface area (TPSA) is 67.6 Å². The highest BCUT2D eigenvalue weighted by atomic mass is 16.6. The molecule has 0 radical (unpaired) electrons. The molecular formula is C14H19N3O3. The molecule has 2 aliphatic heterocycles. The quantitative estimate of drug-likeness (QED) is 0.670. The van der Waals surface area contributed by atoms with Crippen molar-refractivity contribution in [3.63, 3.8) is 0 Å². The Morgan fingerprint density at radius 3 is 2.55 bits per heavy atom. The van der Waals surface area contributed by atoms with Crippen LogP contribution >= 0.6 is 0 Å². The van der Waals surface area contributed by atoms with E-state index in [1.54, 1.807) is 12.1 Å². The number of likely N-dealkylation sites (tertiary alicyclic amines) is 1. The minimum Gasteiger partial charge on any atom is -0.359 e. The second-order valence-corrected chi connectivity index (χ2v) is 5.47. The van der Waals surface area contributed by atoms with Crippen molar-refractivity contribution in [3.8, 4) is 0 Å². The van der Waals surface area contributed by atoms with Gasteiger partial charge in [-0.3, -0.25) is 20.3 Å². The van der Waals surface area contributed by atoms with E-state index in [-0.39, 0.29) is 16.3 Å². The summed E-state index contributed by atoms with van der Waals surface area (Å²) in [5.41, 5.74) is 1.17. The Kier molecular flexibility index (Phi) is 3.69. The van der Waals surface area contributed by atoms with Gasteiger partial charge in [0.05, 0.1) is 11.5 Å². The minimum absolute atomic E-state index is 0.0913. The highest BCUT2D eigenvalue weighted by Crippen LogP contribution is 2.27. The van der Waals surface area contributed by atoms with Gasteiger partial charge < -0.3 is 4.74 Å². The molecule has 1 N–H and O–H groups in total. The third-order valence-electron chi connectivity index (χ3n) is 4.14. The van der Waals surface area contributed by atoms with Crippen LogP contribution in [0.2, 0.25) is 0 Å². The van der Waals surface area contributed by atoms with Gasteiger partial charge in [-0.1, -0.05) is 12.1 Å². The molecule has 0 saturated carbocycles. The number of ether oxygens (including phenoxy) is 1. The summed E-state index contributed by atoms with van der Waals surface area (Å²) < 4.78 is 5.81. The molecule has 1 spiro atoms. The van der Waals surface area contributed by atoms with Gasteiger partial charge in [-0.15, -0.1) is 0 Å². The number of piperidine rings is 1. The van der Waals surface area contributed by atoms with Crippen LogP contribution in [0.4, 0.5) is 5.69 Å². The van der Waals surface area contributed by atoms with Crippen molar-refractivity contribution in [1.82, 2.24) is 10.2 Å². The van der Waals surface area contributed by atoms with Crippen LogP contribution in [-0.2, 0) is 11.3 Å². The second-order valence-electron chi connectivity index (χ2n) is 5.47. The van der Waals surface area contributed by atoms with E-state index in [0.717, 1.165) is 51.2 Å². The molecule has 2 heterocycles. The molecule has 0 bridgehead atoms. The van der Waals surface area contributed by atoms with Crippen molar-refractivity contribution in [2.75, 3.05) is 26.2 Å². The largest absolute Gasteiger partial charge is 0.359 e. The van der Waals surface area contributed by atoms with Gasteiger partial charge in [0.25, 0.3) is 5.69 Å². The smallest absolute Gasteiger partial charge is 0.269 e. The van der Waals surface area contributed by atoms with E-state index >= 15 is 0 Å². The van der Waals surface area contributed by atoms with Crippen molar-refractivity contribution in [3.05, 3.63) is 39.9 Å². The first-order valence-corrected chi connectivity index (χ1v) is 7.02. The van der Waals surface area contributed by atoms with Gasteiger partial charge in [-0.05, 0) is 5.56 Å². The summed E-state index contributed by atoms with van der Waals surface area (Å²) in [6.45, 7) is 4.58. The van der Waals surface area contributed by atoms with Crippen LogP contribution in [0, 0.1) is 10.1 Å². The molecule has 6 heteroatoms. The monoisotopic (exact) mass is 277 g/mol. The van der Waals surface area contributed by atoms with E-state index in [1.807, 2.05) is 12.1 Å². The summed E-state index contributed by atoms with van der Waals surface area (Å²) in [4.78, 5) is 12.6. The number of benzene rings is 1. The van der Waals surface area contributed by atoms with E-state index < -0.39 is 0 Å². The maximum atomic E-state index is 10.6. The molecular weight excluding hydrogens is 258 g/mol. The first-order valence-electron chi connectivity index (χ1n) is 7.02. The van der Waals surface area contributed by atoms with Gasteiger partial charge in [0.15, 0.2) is 0 Å². The predicted molar refractivity (Wildman–Crippen MR) is 74.3 cm³/mol. The number of rotatable bonds is 3. The third kappa shape index (κ3) is 2.82. The lowest BCUT2D eigenvalue weighted by Crippen LogP contribution is -2.50. The standard InChI is InChI=1S/C14H19N3O3/c18-17(19)13-3-1-12(2-4-13)11-16-8-5-14(6-9-16)15-7-10-20-14/h1-4,15H,5-11H2. The normalized spacial score (nSPS) is 22.2. The Morgan fingerprint density at radius 2 is 2.00 bits per heavy atom. The van der Waals surface area contributed by atoms with E-state index in [0.29, 0.717) is 0 Å². The van der Waals surface area contributed by atoms with Crippen molar-refractivity contribution in [2.45, 2.75) is 25.1 Å². The molecule has 0 aliphatic carbocycles. The maximum absolute atomic E-state index is 10.6. The molecule has 2 fully saturated rings. The summed E-state index contributed by atoms with van der Waals surface area (Å²) in [7, 11) is 0. The van der Waals surface area contributed by atoms with Crippen LogP contribution < -0.4 is 5.32 Å². The molecule has 0 unspecified atom stereocenters. The molecule has 2 saturated heterocycles. The van der Waals surface area contributed by atoms with Gasteiger partial charge >= 0.3 is 0 Å². The summed E-state index contributed by atoms with van der Waals surface area (Å²) in [6, 6.07) is 6.82. The molecule has 1 aromatic carbocycles. The highest BCUT2D eigenvalue weighted by molar-refractivity contribution is 5.32. The Morgan fingerprint density at radius 1 is 1.30 bits per heavy atom. The Balaban J connectivity index is 1.55. The maximum Gasteiger partial charge on any atom is 0.269 e. The number of nitrogens with zero attached hydrogens (tertiary/aromatic N) is 2. The average Bonchev–Trinajstić information content (AvgIpc) is 2.91. The van der Waals surface area contributed by atoms with Crippen molar-refractivity contribution < 1.29 is 9.66 Å². The molecule has 0 atom stereocenters. The zero-order chi connectivity index (χ0) is 14.0. The molecule has 20 heavy (non-hydrogen) atoms. The van der Waals surface area contributed by atoms with Crippen LogP contribution in [0.25, 0.3) is 0 Å². The molecule has 2 aliphatic rings. The Labute approximate surface area is 117 Å². The van der Waals surface area contributed by atoms with Crippen molar-refractivity contribution in [1.29, 1.82) is 0 Å². The van der Waals surface area contributed by atoms with Gasteiger partial charge in [0, 0.05) is 51.2 Å². The molecule has 3 rings (SSSR count). The SMILES string of the molecule is O=[N+]([O-])c1ccc(CN2CCC3(CC2)NCCO3)cc1. The zero-order valence-electron chi connectivity index (χ0n) is 11.4. The van der Waals surface area contributed by atoms with Crippen molar-refractivity contribution in [2.24, 2.45) is 0 Å². The average molecular weight is 277 g/mol. The summed E-state index contributed by atoms with van der Waals surface area (Å²) >= 11 is 0. The number of nitro groups is 1. The Hall–Kier alpha value is -1.50. The van der Waals surface area contributed by atoms with Crippen LogP contribution in [0.1, 0.15) is 18.4 Å². The minimum atomic E-state index is -0.364. The van der Waals surface area contributed by atoms with Crippen LogP contribution in [0.5, 0.6) is 0 Å². The summed E-state index contributed by atoms with van der Waals surface area (Å²) in [5, 5.41) is 14.1. The number of nitrogens with one attached hydrogen (secondary N) is 1. The first-order chi connectivity index (χ1) is 9.67. The van der Waals surface area contributed by atoms with Crippen LogP contribution in [0.3, 0.4) is 0 Å². The zero-order valence-corrected chi connectivity index (χ0v) is 11.4. The number of hydrogen-bond acceptors (Lipinski definition) is 5. The van der Waals surface area contributed by atoms with Gasteiger partial charge in [-0.2, -0.15) is 0 Å². The fraction of sp³-hybridized carbons (Fsp3) is 0.571. The summed E-state index contributed by atoms with van der Waals surface area (Å²) in [6.07, 6.45) is 2.00. The van der Waals surface area contributed by atoms with Crippen molar-refractivity contribution >= 4 is 5.69 Å². The lowest BCUT2D eigenvalue weighted by molar-refractivity contribution is -0.384. The number of hydrogen-bond donors (Lipinski definition) is 1. The molecule has 108 valence electrons. The third-order valence-corrected chi connectivity index (χ3v) is 4.14. The fourth-order valence-corrected chi connectivity index (χ4v) is 2.95. The lowest BCUT2D eigenvalue weighted by atomic mass is 10.00. The van der Waals surface area contributed by atoms with Crippen LogP contribution in [-0.4, -0.2) is 41.8 Å². The van der Waals surface area contributed by atoms with E-state index in [1.165, 1.54) is 0 Å². The van der Waals surface area contributed by atoms with E-state index in [9.17, 15) is 10.1 Å². The van der Waals surface area contributed by atoms with Gasteiger partial charge in [-0.25, -0.2) is 0 Å². The summed E-state index contributed by atoms with van der Waals surface area (Å²) in [5.74, 6) is 0. The van der Waals surface area contributed by atoms with Crippen LogP contribution in [0.15, 0.2) is 24.3 Å². The highest BCUT2D eigenvalue weighted by Gasteiger charge is 2.37. The lowest BCUT2D eigenvalue weighted by Gasteiger charge is -2.38. The van der Waals surface area contributed by atoms with E-state index in [2.05, 4.69) is 10.2 Å². The molecule has 0 amide bonds. The second kappa shape index (κ2) is 5.47.